The highest BCUT2D eigenvalue weighted by Crippen LogP contribution is 2.33. The molecule has 0 unspecified atom stereocenters. The second kappa shape index (κ2) is 6.36. The fourth-order valence-electron chi connectivity index (χ4n) is 1.69. The van der Waals surface area contributed by atoms with Crippen molar-refractivity contribution in [2.24, 2.45) is 0 Å². The summed E-state index contributed by atoms with van der Waals surface area (Å²) < 4.78 is 0. The summed E-state index contributed by atoms with van der Waals surface area (Å²) in [5.74, 6) is 0.176. The first-order valence-electron chi connectivity index (χ1n) is 5.62. The first-order valence-corrected chi connectivity index (χ1v) is 5.99. The van der Waals surface area contributed by atoms with E-state index < -0.39 is 0 Å². The number of aromatic hydroxyl groups is 1. The molecule has 0 aromatic heterocycles. The summed E-state index contributed by atoms with van der Waals surface area (Å²) in [5.41, 5.74) is 1.83. The maximum Gasteiger partial charge on any atom is 0.137 e. The van der Waals surface area contributed by atoms with Gasteiger partial charge in [0.15, 0.2) is 0 Å². The predicted octanol–water partition coefficient (Wildman–Crippen LogP) is 3.79. The van der Waals surface area contributed by atoms with Gasteiger partial charge in [-0.25, -0.2) is 0 Å². The molecule has 3 heteroatoms. The smallest absolute Gasteiger partial charge is 0.137 e. The van der Waals surface area contributed by atoms with Gasteiger partial charge in [-0.15, -0.1) is 13.2 Å². The van der Waals surface area contributed by atoms with Crippen molar-refractivity contribution < 1.29 is 5.11 Å². The molecule has 1 rings (SSSR count). The molecule has 92 valence electrons. The van der Waals surface area contributed by atoms with Crippen LogP contribution in [-0.4, -0.2) is 18.2 Å². The summed E-state index contributed by atoms with van der Waals surface area (Å²) in [7, 11) is 0. The molecule has 0 aliphatic carbocycles. The number of nitrogens with zero attached hydrogens (tertiary/aromatic N) is 1. The highest BCUT2D eigenvalue weighted by molar-refractivity contribution is 6.32. The van der Waals surface area contributed by atoms with Gasteiger partial charge in [0.05, 0.1) is 5.02 Å². The normalized spacial score (nSPS) is 10.0. The zero-order valence-electron chi connectivity index (χ0n) is 10.1. The quantitative estimate of drug-likeness (QED) is 0.778. The molecule has 17 heavy (non-hydrogen) atoms. The predicted molar refractivity (Wildman–Crippen MR) is 75.1 cm³/mol. The Labute approximate surface area is 108 Å². The second-order valence-electron chi connectivity index (χ2n) is 3.77. The number of phenols is 1. The number of hydrogen-bond donors (Lipinski definition) is 1. The van der Waals surface area contributed by atoms with E-state index in [1.165, 1.54) is 0 Å². The van der Waals surface area contributed by atoms with E-state index >= 15 is 0 Å². The average molecular weight is 252 g/mol. The Hall–Kier alpha value is -1.41. The minimum Gasteiger partial charge on any atom is -0.506 e. The summed E-state index contributed by atoms with van der Waals surface area (Å²) in [5, 5.41) is 10.2. The van der Waals surface area contributed by atoms with Crippen LogP contribution in [0.15, 0.2) is 37.4 Å². The molecule has 0 atom stereocenters. The van der Waals surface area contributed by atoms with Crippen molar-refractivity contribution in [3.05, 3.63) is 48.0 Å². The zero-order chi connectivity index (χ0) is 12.8. The number of aryl methyl sites for hydroxylation is 1. The van der Waals surface area contributed by atoms with E-state index in [0.717, 1.165) is 30.8 Å². The zero-order valence-corrected chi connectivity index (χ0v) is 10.9. The summed E-state index contributed by atoms with van der Waals surface area (Å²) >= 11 is 6.01. The second-order valence-corrected chi connectivity index (χ2v) is 4.18. The fourth-order valence-corrected chi connectivity index (χ4v) is 1.92. The van der Waals surface area contributed by atoms with E-state index in [-0.39, 0.29) is 5.75 Å². The summed E-state index contributed by atoms with van der Waals surface area (Å²) in [4.78, 5) is 2.09. The number of rotatable bonds is 6. The van der Waals surface area contributed by atoms with Crippen LogP contribution < -0.4 is 4.90 Å². The molecule has 0 saturated carbocycles. The van der Waals surface area contributed by atoms with Gasteiger partial charge in [0.25, 0.3) is 0 Å². The average Bonchev–Trinajstić information content (AvgIpc) is 2.32. The number of phenolic OH excluding ortho intramolecular Hbond substituents is 1. The van der Waals surface area contributed by atoms with Crippen LogP contribution in [0, 0.1) is 0 Å². The third-order valence-electron chi connectivity index (χ3n) is 2.57. The third kappa shape index (κ3) is 3.27. The number of benzene rings is 1. The first kappa shape index (κ1) is 13.7. The van der Waals surface area contributed by atoms with Gasteiger partial charge >= 0.3 is 0 Å². The van der Waals surface area contributed by atoms with Crippen molar-refractivity contribution >= 4 is 17.3 Å². The van der Waals surface area contributed by atoms with Crippen molar-refractivity contribution in [2.45, 2.75) is 13.3 Å². The van der Waals surface area contributed by atoms with Gasteiger partial charge in [-0.1, -0.05) is 30.7 Å². The van der Waals surface area contributed by atoms with Crippen molar-refractivity contribution in [2.75, 3.05) is 18.0 Å². The van der Waals surface area contributed by atoms with E-state index in [2.05, 4.69) is 18.1 Å². The standard InChI is InChI=1S/C14H18ClNO/c1-4-7-16(8-5-2)12-9-11(6-3)14(17)13(15)10-12/h4-5,9-10,17H,1-2,6-8H2,3H3. The van der Waals surface area contributed by atoms with Gasteiger partial charge in [0.2, 0.25) is 0 Å². The van der Waals surface area contributed by atoms with Gasteiger partial charge in [0.1, 0.15) is 5.75 Å². The lowest BCUT2D eigenvalue weighted by Gasteiger charge is -2.23. The number of hydrogen-bond acceptors (Lipinski definition) is 2. The Bertz CT molecular complexity index is 405. The Balaban J connectivity index is 3.14. The fraction of sp³-hybridized carbons (Fsp3) is 0.286. The minimum absolute atomic E-state index is 0.176. The van der Waals surface area contributed by atoms with Crippen LogP contribution in [0.1, 0.15) is 12.5 Å². The van der Waals surface area contributed by atoms with Crippen molar-refractivity contribution in [1.82, 2.24) is 0 Å². The lowest BCUT2D eigenvalue weighted by Crippen LogP contribution is -2.23. The summed E-state index contributed by atoms with van der Waals surface area (Å²) in [6, 6.07) is 3.72. The van der Waals surface area contributed by atoms with Crippen LogP contribution in [0.2, 0.25) is 5.02 Å². The Kier molecular flexibility index (Phi) is 5.11. The van der Waals surface area contributed by atoms with Gasteiger partial charge < -0.3 is 10.0 Å². The van der Waals surface area contributed by atoms with Gasteiger partial charge in [-0.3, -0.25) is 0 Å². The first-order chi connectivity index (χ1) is 8.13. The van der Waals surface area contributed by atoms with Gasteiger partial charge in [0, 0.05) is 18.8 Å². The molecule has 0 amide bonds. The molecule has 0 radical (unpaired) electrons. The monoisotopic (exact) mass is 251 g/mol. The van der Waals surface area contributed by atoms with Crippen LogP contribution in [0.4, 0.5) is 5.69 Å². The maximum atomic E-state index is 9.77. The van der Waals surface area contributed by atoms with Crippen molar-refractivity contribution in [3.8, 4) is 5.75 Å². The lowest BCUT2D eigenvalue weighted by molar-refractivity contribution is 0.469. The Morgan fingerprint density at radius 3 is 2.35 bits per heavy atom. The summed E-state index contributed by atoms with van der Waals surface area (Å²) in [6.07, 6.45) is 4.40. The van der Waals surface area contributed by atoms with Crippen LogP contribution in [0.3, 0.4) is 0 Å². The topological polar surface area (TPSA) is 23.5 Å². The molecule has 0 aliphatic heterocycles. The van der Waals surface area contributed by atoms with E-state index in [0.29, 0.717) is 5.02 Å². The molecule has 1 N–H and O–H groups in total. The Morgan fingerprint density at radius 1 is 1.29 bits per heavy atom. The van der Waals surface area contributed by atoms with E-state index in [9.17, 15) is 5.11 Å². The van der Waals surface area contributed by atoms with E-state index in [1.54, 1.807) is 6.07 Å². The number of anilines is 1. The van der Waals surface area contributed by atoms with Crippen molar-refractivity contribution in [1.29, 1.82) is 0 Å². The van der Waals surface area contributed by atoms with Crippen LogP contribution in [0.5, 0.6) is 5.75 Å². The molecule has 1 aromatic carbocycles. The minimum atomic E-state index is 0.176. The molecule has 0 bridgehead atoms. The van der Waals surface area contributed by atoms with Crippen LogP contribution >= 0.6 is 11.6 Å². The highest BCUT2D eigenvalue weighted by Gasteiger charge is 2.10. The molecule has 1 aromatic rings. The summed E-state index contributed by atoms with van der Waals surface area (Å²) in [6.45, 7) is 10.9. The number of halogens is 1. The largest absolute Gasteiger partial charge is 0.506 e. The molecule has 0 spiro atoms. The Morgan fingerprint density at radius 2 is 1.88 bits per heavy atom. The molecule has 0 aliphatic rings. The van der Waals surface area contributed by atoms with E-state index in [1.807, 2.05) is 25.1 Å². The third-order valence-corrected chi connectivity index (χ3v) is 2.86. The maximum absolute atomic E-state index is 9.77. The molecule has 2 nitrogen and oxygen atoms in total. The molecule has 0 saturated heterocycles. The highest BCUT2D eigenvalue weighted by atomic mass is 35.5. The lowest BCUT2D eigenvalue weighted by atomic mass is 10.1. The molecule has 0 heterocycles. The van der Waals surface area contributed by atoms with Crippen molar-refractivity contribution in [3.63, 3.8) is 0 Å². The van der Waals surface area contributed by atoms with E-state index in [4.69, 9.17) is 11.6 Å². The van der Waals surface area contributed by atoms with Crippen LogP contribution in [0.25, 0.3) is 0 Å². The van der Waals surface area contributed by atoms with Gasteiger partial charge in [-0.05, 0) is 24.1 Å². The SMILES string of the molecule is C=CCN(CC=C)c1cc(Cl)c(O)c(CC)c1. The van der Waals surface area contributed by atoms with Gasteiger partial charge in [-0.2, -0.15) is 0 Å². The molecular weight excluding hydrogens is 234 g/mol. The molecular formula is C14H18ClNO. The van der Waals surface area contributed by atoms with Crippen LogP contribution in [-0.2, 0) is 6.42 Å². The molecule has 0 fully saturated rings.